The van der Waals surface area contributed by atoms with Gasteiger partial charge in [0.2, 0.25) is 5.78 Å². The zero-order chi connectivity index (χ0) is 15.1. The molecular weight excluding hydrogens is 262 g/mol. The smallest absolute Gasteiger partial charge is 0.331 e. The van der Waals surface area contributed by atoms with Gasteiger partial charge in [-0.3, -0.25) is 4.79 Å². The first-order chi connectivity index (χ1) is 9.53. The number of nitrogens with zero attached hydrogens (tertiary/aromatic N) is 1. The second kappa shape index (κ2) is 7.28. The highest BCUT2D eigenvalue weighted by atomic mass is 16.7. The Balaban J connectivity index is 3.06. The molecule has 0 saturated heterocycles. The van der Waals surface area contributed by atoms with Crippen LogP contribution in [0.3, 0.4) is 0 Å². The third kappa shape index (κ3) is 3.81. The molecular formula is C14H17NO5. The predicted molar refractivity (Wildman–Crippen MR) is 73.4 cm³/mol. The minimum Gasteiger partial charge on any atom is -0.493 e. The van der Waals surface area contributed by atoms with Crippen LogP contribution < -0.4 is 9.47 Å². The highest BCUT2D eigenvalue weighted by Crippen LogP contribution is 2.27. The number of carbonyl (C=O) groups excluding carboxylic acids is 2. The number of ether oxygens (including phenoxy) is 2. The van der Waals surface area contributed by atoms with Crippen LogP contribution in [0.5, 0.6) is 11.5 Å². The molecule has 0 aliphatic rings. The number of hydrogen-bond donors (Lipinski definition) is 0. The largest absolute Gasteiger partial charge is 0.493 e. The van der Waals surface area contributed by atoms with E-state index in [0.29, 0.717) is 23.5 Å². The number of Topliss-reactive ketones (excluding diaryl/α,β-unsaturated/α-hetero) is 1. The van der Waals surface area contributed by atoms with Crippen molar-refractivity contribution in [3.05, 3.63) is 23.8 Å². The number of methoxy groups -OCH3 is 2. The maximum Gasteiger partial charge on any atom is 0.331 e. The summed E-state index contributed by atoms with van der Waals surface area (Å²) in [6.07, 6.45) is 0.348. The topological polar surface area (TPSA) is 74.2 Å². The van der Waals surface area contributed by atoms with E-state index in [2.05, 4.69) is 9.99 Å². The number of carbonyl (C=O) groups is 2. The summed E-state index contributed by atoms with van der Waals surface area (Å²) < 4.78 is 10.2. The maximum absolute atomic E-state index is 12.2. The van der Waals surface area contributed by atoms with E-state index in [-0.39, 0.29) is 11.5 Å². The molecule has 0 saturated carbocycles. The molecule has 0 aromatic heterocycles. The van der Waals surface area contributed by atoms with Gasteiger partial charge in [0.1, 0.15) is 5.71 Å². The first-order valence-corrected chi connectivity index (χ1v) is 6.04. The molecule has 1 aromatic carbocycles. The molecule has 0 bridgehead atoms. The van der Waals surface area contributed by atoms with Gasteiger partial charge >= 0.3 is 5.97 Å². The van der Waals surface area contributed by atoms with Crippen molar-refractivity contribution in [3.8, 4) is 11.5 Å². The van der Waals surface area contributed by atoms with Crippen LogP contribution in [0, 0.1) is 0 Å². The monoisotopic (exact) mass is 279 g/mol. The fraction of sp³-hybridized carbons (Fsp3) is 0.357. The summed E-state index contributed by atoms with van der Waals surface area (Å²) in [5.41, 5.74) is 0.544. The lowest BCUT2D eigenvalue weighted by atomic mass is 10.0. The standard InChI is InChI=1S/C14H17NO5/c1-5-11(15-20-9(2)16)14(17)10-6-7-12(18-3)13(8-10)19-4/h6-8H,5H2,1-4H3/b15-11+. The third-order valence-electron chi connectivity index (χ3n) is 2.53. The number of ketones is 1. The lowest BCUT2D eigenvalue weighted by Gasteiger charge is -2.09. The van der Waals surface area contributed by atoms with E-state index in [1.165, 1.54) is 21.1 Å². The van der Waals surface area contributed by atoms with Gasteiger partial charge in [0, 0.05) is 12.5 Å². The van der Waals surface area contributed by atoms with E-state index < -0.39 is 5.97 Å². The zero-order valence-electron chi connectivity index (χ0n) is 11.9. The number of hydrogen-bond acceptors (Lipinski definition) is 6. The Kier molecular flexibility index (Phi) is 5.71. The third-order valence-corrected chi connectivity index (χ3v) is 2.53. The van der Waals surface area contributed by atoms with Gasteiger partial charge in [0.15, 0.2) is 11.5 Å². The molecule has 1 aromatic rings. The van der Waals surface area contributed by atoms with Crippen LogP contribution in [0.2, 0.25) is 0 Å². The van der Waals surface area contributed by atoms with E-state index in [1.54, 1.807) is 25.1 Å². The molecule has 0 radical (unpaired) electrons. The quantitative estimate of drug-likeness (QED) is 0.345. The van der Waals surface area contributed by atoms with Crippen molar-refractivity contribution < 1.29 is 23.9 Å². The fourth-order valence-electron chi connectivity index (χ4n) is 1.53. The Hall–Kier alpha value is -2.37. The Morgan fingerprint density at radius 1 is 1.15 bits per heavy atom. The molecule has 108 valence electrons. The molecule has 0 heterocycles. The van der Waals surface area contributed by atoms with E-state index in [1.807, 2.05) is 0 Å². The van der Waals surface area contributed by atoms with Crippen LogP contribution in [0.25, 0.3) is 0 Å². The number of benzene rings is 1. The molecule has 6 nitrogen and oxygen atoms in total. The second-order valence-corrected chi connectivity index (χ2v) is 3.87. The maximum atomic E-state index is 12.2. The van der Waals surface area contributed by atoms with Gasteiger partial charge in [-0.1, -0.05) is 12.1 Å². The van der Waals surface area contributed by atoms with E-state index >= 15 is 0 Å². The number of rotatable bonds is 6. The van der Waals surface area contributed by atoms with Crippen molar-refractivity contribution in [2.45, 2.75) is 20.3 Å². The molecule has 0 spiro atoms. The highest BCUT2D eigenvalue weighted by molar-refractivity contribution is 6.45. The Morgan fingerprint density at radius 3 is 2.30 bits per heavy atom. The summed E-state index contributed by atoms with van der Waals surface area (Å²) in [6.45, 7) is 2.97. The molecule has 0 fully saturated rings. The summed E-state index contributed by atoms with van der Waals surface area (Å²) in [6, 6.07) is 4.79. The van der Waals surface area contributed by atoms with Gasteiger partial charge in [-0.15, -0.1) is 0 Å². The summed E-state index contributed by atoms with van der Waals surface area (Å²) in [5, 5.41) is 3.56. The van der Waals surface area contributed by atoms with Gasteiger partial charge in [-0.05, 0) is 24.6 Å². The first-order valence-electron chi connectivity index (χ1n) is 6.04. The van der Waals surface area contributed by atoms with Gasteiger partial charge in [-0.25, -0.2) is 4.79 Å². The minimum atomic E-state index is -0.573. The van der Waals surface area contributed by atoms with E-state index in [9.17, 15) is 9.59 Å². The predicted octanol–water partition coefficient (Wildman–Crippen LogP) is 2.22. The minimum absolute atomic E-state index is 0.160. The normalized spacial score (nSPS) is 10.9. The van der Waals surface area contributed by atoms with Crippen LogP contribution in [0.1, 0.15) is 30.6 Å². The van der Waals surface area contributed by atoms with Crippen LogP contribution in [0.15, 0.2) is 23.4 Å². The van der Waals surface area contributed by atoms with Crippen molar-refractivity contribution in [1.82, 2.24) is 0 Å². The Labute approximate surface area is 117 Å². The lowest BCUT2D eigenvalue weighted by Crippen LogP contribution is -2.15. The lowest BCUT2D eigenvalue weighted by molar-refractivity contribution is -0.140. The van der Waals surface area contributed by atoms with Crippen LogP contribution in [-0.4, -0.2) is 31.7 Å². The van der Waals surface area contributed by atoms with Crippen molar-refractivity contribution in [2.75, 3.05) is 14.2 Å². The molecule has 0 atom stereocenters. The molecule has 1 rings (SSSR count). The molecule has 0 aliphatic heterocycles. The average molecular weight is 279 g/mol. The summed E-state index contributed by atoms with van der Waals surface area (Å²) in [4.78, 5) is 27.5. The summed E-state index contributed by atoms with van der Waals surface area (Å²) in [5.74, 6) is 0.0751. The van der Waals surface area contributed by atoms with Gasteiger partial charge < -0.3 is 14.3 Å². The van der Waals surface area contributed by atoms with Crippen molar-refractivity contribution in [3.63, 3.8) is 0 Å². The highest BCUT2D eigenvalue weighted by Gasteiger charge is 2.16. The molecule has 0 aliphatic carbocycles. The van der Waals surface area contributed by atoms with Crippen molar-refractivity contribution in [1.29, 1.82) is 0 Å². The Bertz CT molecular complexity index is 536. The SMILES string of the molecule is CC/C(=N\OC(C)=O)C(=O)c1ccc(OC)c(OC)c1. The van der Waals surface area contributed by atoms with Crippen molar-refractivity contribution in [2.24, 2.45) is 5.16 Å². The van der Waals surface area contributed by atoms with E-state index in [0.717, 1.165) is 0 Å². The molecule has 20 heavy (non-hydrogen) atoms. The molecule has 0 amide bonds. The van der Waals surface area contributed by atoms with Gasteiger partial charge in [-0.2, -0.15) is 0 Å². The second-order valence-electron chi connectivity index (χ2n) is 3.87. The van der Waals surface area contributed by atoms with Gasteiger partial charge in [0.25, 0.3) is 0 Å². The molecule has 0 unspecified atom stereocenters. The molecule has 6 heteroatoms. The first kappa shape index (κ1) is 15.7. The van der Waals surface area contributed by atoms with Crippen LogP contribution in [-0.2, 0) is 9.63 Å². The van der Waals surface area contributed by atoms with Gasteiger partial charge in [0.05, 0.1) is 14.2 Å². The summed E-state index contributed by atoms with van der Waals surface area (Å²) in [7, 11) is 3.00. The Morgan fingerprint density at radius 2 is 1.80 bits per heavy atom. The summed E-state index contributed by atoms with van der Waals surface area (Å²) >= 11 is 0. The number of oxime groups is 1. The van der Waals surface area contributed by atoms with E-state index in [4.69, 9.17) is 9.47 Å². The average Bonchev–Trinajstić information content (AvgIpc) is 2.46. The van der Waals surface area contributed by atoms with Crippen LogP contribution >= 0.6 is 0 Å². The van der Waals surface area contributed by atoms with Crippen molar-refractivity contribution >= 4 is 17.5 Å². The van der Waals surface area contributed by atoms with Crippen LogP contribution in [0.4, 0.5) is 0 Å². The molecule has 0 N–H and O–H groups in total. The fourth-order valence-corrected chi connectivity index (χ4v) is 1.53. The zero-order valence-corrected chi connectivity index (χ0v) is 11.9.